The van der Waals surface area contributed by atoms with Crippen LogP contribution in [0.25, 0.3) is 22.8 Å². The topological polar surface area (TPSA) is 143 Å². The van der Waals surface area contributed by atoms with Crippen LogP contribution >= 0.6 is 0 Å². The molecular formula is C24H24FN7O5S. The molecule has 1 aromatic carbocycles. The predicted octanol–water partition coefficient (Wildman–Crippen LogP) is 3.48. The normalized spacial score (nSPS) is 12.1. The van der Waals surface area contributed by atoms with Gasteiger partial charge in [-0.05, 0) is 32.0 Å². The Balaban J connectivity index is 1.90. The number of methoxy groups -OCH3 is 3. The van der Waals surface area contributed by atoms with Gasteiger partial charge in [0.15, 0.2) is 17.5 Å². The lowest BCUT2D eigenvalue weighted by atomic mass is 10.2. The molecular weight excluding hydrogens is 517 g/mol. The molecule has 4 rings (SSSR count). The molecule has 14 heteroatoms. The van der Waals surface area contributed by atoms with E-state index >= 15 is 0 Å². The van der Waals surface area contributed by atoms with Gasteiger partial charge in [-0.3, -0.25) is 4.57 Å². The smallest absolute Gasteiger partial charge is 0.260 e. The fourth-order valence-electron chi connectivity index (χ4n) is 3.49. The van der Waals surface area contributed by atoms with Crippen molar-refractivity contribution < 1.29 is 27.0 Å². The predicted molar refractivity (Wildman–Crippen MR) is 137 cm³/mol. The van der Waals surface area contributed by atoms with Crippen molar-refractivity contribution >= 4 is 21.5 Å². The number of rotatable bonds is 9. The number of benzene rings is 1. The number of sulfonamides is 1. The number of pyridine rings is 1. The van der Waals surface area contributed by atoms with Gasteiger partial charge in [-0.15, -0.1) is 10.2 Å². The molecule has 0 radical (unpaired) electrons. The SMILES string of the molecule is COc1cccc(-c2nnc(NS(=O)(=O)/C(C)=C(\C)c3ncc(F)cn3)n2-c2c(OC)cccc2OC)n1. The van der Waals surface area contributed by atoms with E-state index in [1.165, 1.54) is 39.7 Å². The average Bonchev–Trinajstić information content (AvgIpc) is 3.34. The summed E-state index contributed by atoms with van der Waals surface area (Å²) in [6, 6.07) is 10.1. The molecule has 0 unspecified atom stereocenters. The number of nitrogens with one attached hydrogen (secondary N) is 1. The van der Waals surface area contributed by atoms with E-state index in [1.54, 1.807) is 36.4 Å². The van der Waals surface area contributed by atoms with Gasteiger partial charge in [0.25, 0.3) is 10.0 Å². The highest BCUT2D eigenvalue weighted by atomic mass is 32.2. The molecule has 0 amide bonds. The van der Waals surface area contributed by atoms with Crippen molar-refractivity contribution in [3.63, 3.8) is 0 Å². The molecule has 12 nitrogen and oxygen atoms in total. The maximum atomic E-state index is 13.4. The van der Waals surface area contributed by atoms with Gasteiger partial charge in [0.1, 0.15) is 22.9 Å². The first kappa shape index (κ1) is 26.5. The molecule has 3 heterocycles. The Morgan fingerprint density at radius 1 is 0.921 bits per heavy atom. The third kappa shape index (κ3) is 5.11. The number of anilines is 1. The van der Waals surface area contributed by atoms with Crippen LogP contribution in [-0.2, 0) is 10.0 Å². The highest BCUT2D eigenvalue weighted by Gasteiger charge is 2.27. The lowest BCUT2D eigenvalue weighted by Crippen LogP contribution is -2.18. The summed E-state index contributed by atoms with van der Waals surface area (Å²) < 4.78 is 60.4. The number of nitrogens with zero attached hydrogens (tertiary/aromatic N) is 6. The van der Waals surface area contributed by atoms with E-state index in [1.807, 2.05) is 0 Å². The lowest BCUT2D eigenvalue weighted by molar-refractivity contribution is 0.391. The molecule has 4 aromatic rings. The van der Waals surface area contributed by atoms with E-state index in [-0.39, 0.29) is 28.1 Å². The number of hydrogen-bond acceptors (Lipinski definition) is 10. The highest BCUT2D eigenvalue weighted by Crippen LogP contribution is 2.38. The maximum absolute atomic E-state index is 13.4. The summed E-state index contributed by atoms with van der Waals surface area (Å²) >= 11 is 0. The summed E-state index contributed by atoms with van der Waals surface area (Å²) in [6.45, 7) is 2.89. The quantitative estimate of drug-likeness (QED) is 0.334. The number of aromatic nitrogens is 6. The average molecular weight is 542 g/mol. The van der Waals surface area contributed by atoms with Gasteiger partial charge >= 0.3 is 0 Å². The summed E-state index contributed by atoms with van der Waals surface area (Å²) in [5.74, 6) is 0.471. The Kier molecular flexibility index (Phi) is 7.52. The molecule has 0 aliphatic heterocycles. The zero-order chi connectivity index (χ0) is 27.4. The fraction of sp³-hybridized carbons (Fsp3) is 0.208. The maximum Gasteiger partial charge on any atom is 0.260 e. The minimum Gasteiger partial charge on any atom is -0.494 e. The first-order valence-electron chi connectivity index (χ1n) is 11.1. The Morgan fingerprint density at radius 3 is 2.16 bits per heavy atom. The van der Waals surface area contributed by atoms with Crippen LogP contribution in [0.15, 0.2) is 53.7 Å². The Labute approximate surface area is 218 Å². The third-order valence-corrected chi connectivity index (χ3v) is 7.13. The number of allylic oxidation sites excluding steroid dienone is 2. The van der Waals surface area contributed by atoms with Gasteiger partial charge in [0.05, 0.1) is 38.6 Å². The Hall–Kier alpha value is -4.59. The second-order valence-electron chi connectivity index (χ2n) is 7.77. The van der Waals surface area contributed by atoms with Crippen LogP contribution in [-0.4, -0.2) is 59.5 Å². The van der Waals surface area contributed by atoms with Gasteiger partial charge in [-0.1, -0.05) is 12.1 Å². The number of halogens is 1. The Morgan fingerprint density at radius 2 is 1.55 bits per heavy atom. The van der Waals surface area contributed by atoms with Crippen LogP contribution in [0.5, 0.6) is 17.4 Å². The van der Waals surface area contributed by atoms with Crippen LogP contribution in [0.3, 0.4) is 0 Å². The summed E-state index contributed by atoms with van der Waals surface area (Å²) in [5.41, 5.74) is 0.895. The summed E-state index contributed by atoms with van der Waals surface area (Å²) in [7, 11) is 0.192. The molecule has 0 saturated heterocycles. The van der Waals surface area contributed by atoms with Crippen LogP contribution in [0.1, 0.15) is 19.7 Å². The van der Waals surface area contributed by atoms with Gasteiger partial charge in [-0.2, -0.15) is 0 Å². The summed E-state index contributed by atoms with van der Waals surface area (Å²) in [6.07, 6.45) is 1.91. The van der Waals surface area contributed by atoms with E-state index in [4.69, 9.17) is 14.2 Å². The molecule has 0 spiro atoms. The van der Waals surface area contributed by atoms with Crippen LogP contribution < -0.4 is 18.9 Å². The van der Waals surface area contributed by atoms with Crippen molar-refractivity contribution in [2.45, 2.75) is 13.8 Å². The van der Waals surface area contributed by atoms with E-state index < -0.39 is 15.8 Å². The molecule has 0 atom stereocenters. The molecule has 0 aliphatic carbocycles. The summed E-state index contributed by atoms with van der Waals surface area (Å²) in [4.78, 5) is 12.0. The Bertz CT molecular complexity index is 1580. The molecule has 1 N–H and O–H groups in total. The monoisotopic (exact) mass is 541 g/mol. The molecule has 38 heavy (non-hydrogen) atoms. The molecule has 198 valence electrons. The minimum absolute atomic E-state index is 0.0587. The van der Waals surface area contributed by atoms with Crippen LogP contribution in [0.4, 0.5) is 10.3 Å². The van der Waals surface area contributed by atoms with Crippen molar-refractivity contribution in [1.29, 1.82) is 0 Å². The van der Waals surface area contributed by atoms with Crippen molar-refractivity contribution in [2.75, 3.05) is 26.1 Å². The van der Waals surface area contributed by atoms with Gasteiger partial charge in [-0.25, -0.2) is 32.5 Å². The second-order valence-corrected chi connectivity index (χ2v) is 9.59. The van der Waals surface area contributed by atoms with Gasteiger partial charge in [0, 0.05) is 11.6 Å². The molecule has 0 saturated carbocycles. The summed E-state index contributed by atoms with van der Waals surface area (Å²) in [5, 5.41) is 8.33. The molecule has 3 aromatic heterocycles. The van der Waals surface area contributed by atoms with Gasteiger partial charge < -0.3 is 14.2 Å². The van der Waals surface area contributed by atoms with E-state index in [2.05, 4.69) is 29.9 Å². The molecule has 0 aliphatic rings. The molecule has 0 bridgehead atoms. The van der Waals surface area contributed by atoms with Crippen LogP contribution in [0.2, 0.25) is 0 Å². The van der Waals surface area contributed by atoms with E-state index in [0.717, 1.165) is 12.4 Å². The second kappa shape index (κ2) is 10.8. The van der Waals surface area contributed by atoms with Crippen LogP contribution in [0, 0.1) is 5.82 Å². The van der Waals surface area contributed by atoms with Crippen molar-refractivity contribution in [3.05, 3.63) is 65.3 Å². The zero-order valence-electron chi connectivity index (χ0n) is 21.1. The van der Waals surface area contributed by atoms with Crippen molar-refractivity contribution in [2.24, 2.45) is 0 Å². The lowest BCUT2D eigenvalue weighted by Gasteiger charge is -2.18. The number of para-hydroxylation sites is 1. The third-order valence-electron chi connectivity index (χ3n) is 5.56. The zero-order valence-corrected chi connectivity index (χ0v) is 21.9. The first-order valence-corrected chi connectivity index (χ1v) is 12.5. The minimum atomic E-state index is -4.22. The highest BCUT2D eigenvalue weighted by molar-refractivity contribution is 7.96. The number of ether oxygens (including phenoxy) is 3. The van der Waals surface area contributed by atoms with Crippen molar-refractivity contribution in [1.82, 2.24) is 29.7 Å². The van der Waals surface area contributed by atoms with Crippen molar-refractivity contribution in [3.8, 4) is 34.6 Å². The van der Waals surface area contributed by atoms with Gasteiger partial charge in [0.2, 0.25) is 11.8 Å². The fourth-order valence-corrected chi connectivity index (χ4v) is 4.51. The number of hydrogen-bond donors (Lipinski definition) is 1. The van der Waals surface area contributed by atoms with E-state index in [0.29, 0.717) is 28.8 Å². The standard InChI is InChI=1S/C24H24FN7O5S/c1-14(22-26-12-16(25)13-27-22)15(2)38(33,34)31-24-30-29-23(17-8-6-11-20(28-17)37-5)32(24)21-18(35-3)9-7-10-19(21)36-4/h6-13H,1-5H3,(H,30,31)/b15-14+. The largest absolute Gasteiger partial charge is 0.494 e. The first-order chi connectivity index (χ1) is 18.2. The van der Waals surface area contributed by atoms with E-state index in [9.17, 15) is 12.8 Å². The molecule has 0 fully saturated rings.